The lowest BCUT2D eigenvalue weighted by Crippen LogP contribution is -2.12. The van der Waals surface area contributed by atoms with Gasteiger partial charge in [0.25, 0.3) is 0 Å². The summed E-state index contributed by atoms with van der Waals surface area (Å²) in [5.74, 6) is 2.48. The number of hydrogen-bond acceptors (Lipinski definition) is 1. The Kier molecular flexibility index (Phi) is 4.55. The van der Waals surface area contributed by atoms with Crippen LogP contribution in [0.1, 0.15) is 20.8 Å². The van der Waals surface area contributed by atoms with Crippen LogP contribution < -0.4 is 5.32 Å². The van der Waals surface area contributed by atoms with E-state index in [9.17, 15) is 4.79 Å². The van der Waals surface area contributed by atoms with Crippen molar-refractivity contribution in [3.63, 3.8) is 0 Å². The van der Waals surface area contributed by atoms with Crippen molar-refractivity contribution in [3.8, 4) is 12.3 Å². The van der Waals surface area contributed by atoms with Crippen molar-refractivity contribution in [2.75, 3.05) is 0 Å². The van der Waals surface area contributed by atoms with Crippen LogP contribution >= 0.6 is 0 Å². The Hall–Kier alpha value is -1.49. The van der Waals surface area contributed by atoms with E-state index in [1.165, 1.54) is 0 Å². The minimum absolute atomic E-state index is 0.628. The zero-order valence-corrected chi connectivity index (χ0v) is 7.64. The van der Waals surface area contributed by atoms with Gasteiger partial charge in [-0.15, -0.1) is 6.42 Å². The van der Waals surface area contributed by atoms with E-state index >= 15 is 0 Å². The molecular weight excluding hydrogens is 150 g/mol. The smallest absolute Gasteiger partial charge is 0.211 e. The van der Waals surface area contributed by atoms with Gasteiger partial charge in [0.15, 0.2) is 0 Å². The Balaban J connectivity index is 4.93. The standard InChI is InChI=1S/C10H13NO/c1-5-8(3)10(11-7-12)9(4)6-2/h1,6-7H,2-4H3,(H,11,12)/b9-6-,10-8+. The molecule has 0 bridgehead atoms. The molecule has 64 valence electrons. The summed E-state index contributed by atoms with van der Waals surface area (Å²) >= 11 is 0. The van der Waals surface area contributed by atoms with Crippen LogP contribution in [0.5, 0.6) is 0 Å². The van der Waals surface area contributed by atoms with E-state index in [0.717, 1.165) is 16.8 Å². The van der Waals surface area contributed by atoms with Crippen LogP contribution in [-0.2, 0) is 4.79 Å². The van der Waals surface area contributed by atoms with Crippen LogP contribution in [0, 0.1) is 12.3 Å². The SMILES string of the molecule is C#C/C(C)=C(NC=O)\C(C)=C/C. The molecule has 0 saturated carbocycles. The van der Waals surface area contributed by atoms with Gasteiger partial charge in [-0.05, 0) is 26.3 Å². The summed E-state index contributed by atoms with van der Waals surface area (Å²) < 4.78 is 0. The Morgan fingerprint density at radius 3 is 2.42 bits per heavy atom. The molecule has 1 N–H and O–H groups in total. The quantitative estimate of drug-likeness (QED) is 0.382. The van der Waals surface area contributed by atoms with E-state index in [4.69, 9.17) is 6.42 Å². The van der Waals surface area contributed by atoms with Gasteiger partial charge >= 0.3 is 0 Å². The van der Waals surface area contributed by atoms with Crippen molar-refractivity contribution in [2.45, 2.75) is 20.8 Å². The molecule has 2 nitrogen and oxygen atoms in total. The summed E-state index contributed by atoms with van der Waals surface area (Å²) in [5.41, 5.74) is 2.42. The molecule has 0 aliphatic carbocycles. The van der Waals surface area contributed by atoms with Crippen molar-refractivity contribution < 1.29 is 4.79 Å². The number of nitrogens with one attached hydrogen (secondary N) is 1. The summed E-state index contributed by atoms with van der Waals surface area (Å²) in [6, 6.07) is 0. The Labute approximate surface area is 73.4 Å². The van der Waals surface area contributed by atoms with Crippen molar-refractivity contribution in [3.05, 3.63) is 22.9 Å². The molecule has 0 aromatic heterocycles. The first kappa shape index (κ1) is 10.5. The first-order chi connectivity index (χ1) is 5.67. The fraction of sp³-hybridized carbons (Fsp3) is 0.300. The van der Waals surface area contributed by atoms with Gasteiger partial charge < -0.3 is 5.32 Å². The lowest BCUT2D eigenvalue weighted by Gasteiger charge is -2.06. The van der Waals surface area contributed by atoms with Gasteiger partial charge in [0.05, 0.1) is 5.70 Å². The van der Waals surface area contributed by atoms with Crippen LogP contribution in [-0.4, -0.2) is 6.41 Å². The monoisotopic (exact) mass is 163 g/mol. The second-order valence-electron chi connectivity index (χ2n) is 2.38. The van der Waals surface area contributed by atoms with E-state index in [0.29, 0.717) is 6.41 Å². The van der Waals surface area contributed by atoms with E-state index in [-0.39, 0.29) is 0 Å². The average Bonchev–Trinajstić information content (AvgIpc) is 2.11. The van der Waals surface area contributed by atoms with Crippen LogP contribution in [0.3, 0.4) is 0 Å². The van der Waals surface area contributed by atoms with Crippen LogP contribution in [0.15, 0.2) is 22.9 Å². The largest absolute Gasteiger partial charge is 0.328 e. The second-order valence-corrected chi connectivity index (χ2v) is 2.38. The van der Waals surface area contributed by atoms with Gasteiger partial charge in [0.1, 0.15) is 0 Å². The van der Waals surface area contributed by atoms with E-state index in [1.807, 2.05) is 19.9 Å². The van der Waals surface area contributed by atoms with Gasteiger partial charge in [-0.1, -0.05) is 12.0 Å². The van der Waals surface area contributed by atoms with Crippen molar-refractivity contribution >= 4 is 6.41 Å². The van der Waals surface area contributed by atoms with Gasteiger partial charge in [0.2, 0.25) is 6.41 Å². The first-order valence-corrected chi connectivity index (χ1v) is 3.68. The maximum atomic E-state index is 10.2. The van der Waals surface area contributed by atoms with E-state index < -0.39 is 0 Å². The van der Waals surface area contributed by atoms with Gasteiger partial charge in [-0.3, -0.25) is 4.79 Å². The third kappa shape index (κ3) is 2.63. The summed E-state index contributed by atoms with van der Waals surface area (Å²) in [5, 5.41) is 2.57. The number of carbonyl (C=O) groups excluding carboxylic acids is 1. The molecule has 2 heteroatoms. The molecule has 0 rings (SSSR count). The average molecular weight is 163 g/mol. The van der Waals surface area contributed by atoms with Gasteiger partial charge in [0, 0.05) is 5.57 Å². The van der Waals surface area contributed by atoms with Crippen LogP contribution in [0.2, 0.25) is 0 Å². The highest BCUT2D eigenvalue weighted by atomic mass is 16.1. The lowest BCUT2D eigenvalue weighted by molar-refractivity contribution is -0.108. The molecule has 0 spiro atoms. The molecule has 0 fully saturated rings. The zero-order valence-electron chi connectivity index (χ0n) is 7.64. The summed E-state index contributed by atoms with van der Waals surface area (Å²) in [4.78, 5) is 10.2. The van der Waals surface area contributed by atoms with Crippen LogP contribution in [0.25, 0.3) is 0 Å². The number of amides is 1. The number of terminal acetylenes is 1. The number of hydrogen-bond donors (Lipinski definition) is 1. The van der Waals surface area contributed by atoms with Crippen molar-refractivity contribution in [1.82, 2.24) is 5.32 Å². The molecule has 0 radical (unpaired) electrons. The van der Waals surface area contributed by atoms with E-state index in [2.05, 4.69) is 11.2 Å². The fourth-order valence-electron chi connectivity index (χ4n) is 0.793. The predicted molar refractivity (Wildman–Crippen MR) is 50.2 cm³/mol. The highest BCUT2D eigenvalue weighted by Gasteiger charge is 2.00. The summed E-state index contributed by atoms with van der Waals surface area (Å²) in [6.07, 6.45) is 7.73. The fourth-order valence-corrected chi connectivity index (χ4v) is 0.793. The molecule has 0 saturated heterocycles. The predicted octanol–water partition coefficient (Wildman–Crippen LogP) is 1.61. The molecule has 0 aromatic rings. The zero-order chi connectivity index (χ0) is 9.56. The topological polar surface area (TPSA) is 29.1 Å². The highest BCUT2D eigenvalue weighted by molar-refractivity contribution is 5.56. The maximum absolute atomic E-state index is 10.2. The molecule has 0 unspecified atom stereocenters. The number of allylic oxidation sites excluding steroid dienone is 3. The number of rotatable bonds is 3. The van der Waals surface area contributed by atoms with Gasteiger partial charge in [-0.25, -0.2) is 0 Å². The highest BCUT2D eigenvalue weighted by Crippen LogP contribution is 2.09. The maximum Gasteiger partial charge on any atom is 0.211 e. The molecule has 0 aromatic carbocycles. The Morgan fingerprint density at radius 1 is 1.50 bits per heavy atom. The summed E-state index contributed by atoms with van der Waals surface area (Å²) in [6.45, 7) is 5.58. The third-order valence-electron chi connectivity index (χ3n) is 1.62. The third-order valence-corrected chi connectivity index (χ3v) is 1.62. The molecular formula is C10H13NO. The Morgan fingerprint density at radius 2 is 2.08 bits per heavy atom. The summed E-state index contributed by atoms with van der Waals surface area (Å²) in [7, 11) is 0. The minimum Gasteiger partial charge on any atom is -0.328 e. The minimum atomic E-state index is 0.628. The molecule has 0 heterocycles. The lowest BCUT2D eigenvalue weighted by atomic mass is 10.1. The second kappa shape index (κ2) is 5.20. The first-order valence-electron chi connectivity index (χ1n) is 3.68. The molecule has 12 heavy (non-hydrogen) atoms. The number of carbonyl (C=O) groups is 1. The van der Waals surface area contributed by atoms with Gasteiger partial charge in [-0.2, -0.15) is 0 Å². The molecule has 0 aliphatic rings. The molecule has 1 amide bonds. The Bertz CT molecular complexity index is 266. The normalized spacial score (nSPS) is 13.0. The van der Waals surface area contributed by atoms with Crippen molar-refractivity contribution in [2.24, 2.45) is 0 Å². The molecule has 0 aliphatic heterocycles. The van der Waals surface area contributed by atoms with Crippen LogP contribution in [0.4, 0.5) is 0 Å². The van der Waals surface area contributed by atoms with E-state index in [1.54, 1.807) is 6.92 Å². The molecule has 0 atom stereocenters. The van der Waals surface area contributed by atoms with Crippen molar-refractivity contribution in [1.29, 1.82) is 0 Å².